The number of carbonyl (C=O) groups excluding carboxylic acids is 1. The highest BCUT2D eigenvalue weighted by atomic mass is 35.5. The summed E-state index contributed by atoms with van der Waals surface area (Å²) in [4.78, 5) is 19.7. The predicted molar refractivity (Wildman–Crippen MR) is 114 cm³/mol. The molecule has 1 amide bonds. The average molecular weight is 396 g/mol. The van der Waals surface area contributed by atoms with Crippen LogP contribution in [0.4, 0.5) is 11.4 Å². The zero-order valence-corrected chi connectivity index (χ0v) is 16.7. The molecule has 0 spiro atoms. The molecule has 144 valence electrons. The van der Waals surface area contributed by atoms with E-state index in [9.17, 15) is 4.79 Å². The fraction of sp³-hybridized carbons (Fsp3) is 0.273. The molecule has 1 aliphatic rings. The minimum absolute atomic E-state index is 0.209. The molecule has 5 nitrogen and oxygen atoms in total. The number of carbonyl (C=O) groups is 1. The molecule has 3 aromatic rings. The summed E-state index contributed by atoms with van der Waals surface area (Å²) in [5.74, 6) is -0.265. The van der Waals surface area contributed by atoms with Crippen LogP contribution < -0.4 is 10.2 Å². The molecule has 2 heterocycles. The van der Waals surface area contributed by atoms with Gasteiger partial charge in [0.2, 0.25) is 0 Å². The fourth-order valence-electron chi connectivity index (χ4n) is 3.64. The Hall–Kier alpha value is -2.63. The summed E-state index contributed by atoms with van der Waals surface area (Å²) in [6.45, 7) is 6.98. The van der Waals surface area contributed by atoms with Gasteiger partial charge >= 0.3 is 0 Å². The Balaban J connectivity index is 1.67. The second-order valence-corrected chi connectivity index (χ2v) is 7.41. The van der Waals surface area contributed by atoms with E-state index in [1.165, 1.54) is 0 Å². The maximum Gasteiger partial charge on any atom is 0.258 e. The minimum atomic E-state index is -0.265. The van der Waals surface area contributed by atoms with E-state index in [2.05, 4.69) is 21.3 Å². The van der Waals surface area contributed by atoms with Crippen LogP contribution in [0.25, 0.3) is 10.9 Å². The smallest absolute Gasteiger partial charge is 0.258 e. The van der Waals surface area contributed by atoms with E-state index in [0.29, 0.717) is 18.8 Å². The molecule has 4 rings (SSSR count). The van der Waals surface area contributed by atoms with E-state index >= 15 is 0 Å². The number of amides is 1. The van der Waals surface area contributed by atoms with E-state index < -0.39 is 0 Å². The molecule has 0 atom stereocenters. The van der Waals surface area contributed by atoms with Gasteiger partial charge in [-0.15, -0.1) is 0 Å². The van der Waals surface area contributed by atoms with E-state index in [4.69, 9.17) is 16.3 Å². The van der Waals surface area contributed by atoms with E-state index in [1.54, 1.807) is 0 Å². The molecule has 28 heavy (non-hydrogen) atoms. The Morgan fingerprint density at radius 2 is 1.89 bits per heavy atom. The molecule has 0 bridgehead atoms. The monoisotopic (exact) mass is 395 g/mol. The van der Waals surface area contributed by atoms with Crippen LogP contribution in [0, 0.1) is 13.8 Å². The van der Waals surface area contributed by atoms with Crippen molar-refractivity contribution in [3.05, 3.63) is 64.3 Å². The first-order valence-electron chi connectivity index (χ1n) is 9.33. The zero-order valence-electron chi connectivity index (χ0n) is 16.0. The molecule has 2 aromatic carbocycles. The second kappa shape index (κ2) is 7.78. The number of nitrogens with one attached hydrogen (secondary N) is 1. The van der Waals surface area contributed by atoms with Crippen LogP contribution in [0.2, 0.25) is 5.15 Å². The van der Waals surface area contributed by atoms with Crippen LogP contribution >= 0.6 is 11.6 Å². The summed E-state index contributed by atoms with van der Waals surface area (Å²) in [5.41, 5.74) is 5.10. The van der Waals surface area contributed by atoms with Crippen LogP contribution in [0.1, 0.15) is 21.5 Å². The number of hydrogen-bond acceptors (Lipinski definition) is 4. The third-order valence-corrected chi connectivity index (χ3v) is 5.24. The first-order chi connectivity index (χ1) is 13.5. The van der Waals surface area contributed by atoms with Crippen molar-refractivity contribution in [1.29, 1.82) is 0 Å². The molecule has 0 saturated carbocycles. The van der Waals surface area contributed by atoms with Gasteiger partial charge in [-0.3, -0.25) is 4.79 Å². The number of rotatable bonds is 3. The van der Waals surface area contributed by atoms with Gasteiger partial charge in [-0.2, -0.15) is 0 Å². The van der Waals surface area contributed by atoms with Gasteiger partial charge in [0.15, 0.2) is 0 Å². The number of morpholine rings is 1. The maximum atomic E-state index is 13.0. The lowest BCUT2D eigenvalue weighted by atomic mass is 10.1. The topological polar surface area (TPSA) is 54.5 Å². The van der Waals surface area contributed by atoms with Crippen molar-refractivity contribution in [2.24, 2.45) is 0 Å². The molecular weight excluding hydrogens is 374 g/mol. The van der Waals surface area contributed by atoms with Gasteiger partial charge in [0.1, 0.15) is 5.15 Å². The van der Waals surface area contributed by atoms with Gasteiger partial charge in [-0.25, -0.2) is 4.98 Å². The van der Waals surface area contributed by atoms with E-state index in [0.717, 1.165) is 46.5 Å². The summed E-state index contributed by atoms with van der Waals surface area (Å²) in [6, 6.07) is 13.7. The van der Waals surface area contributed by atoms with Crippen LogP contribution in [0.3, 0.4) is 0 Å². The summed E-state index contributed by atoms with van der Waals surface area (Å²) in [7, 11) is 0. The number of halogens is 1. The standard InChI is InChI=1S/C22H22ClN3O2/c1-14-11-15(2)20-16(12-14)13-17(21(23)25-20)22(27)24-18-5-3-4-6-19(18)26-7-9-28-10-8-26/h3-6,11-13H,7-10H2,1-2H3,(H,24,27). The largest absolute Gasteiger partial charge is 0.378 e. The SMILES string of the molecule is Cc1cc(C)c2nc(Cl)c(C(=O)Nc3ccccc3N3CCOCC3)cc2c1. The van der Waals surface area contributed by atoms with Gasteiger partial charge in [0.25, 0.3) is 5.91 Å². The van der Waals surface area contributed by atoms with Crippen molar-refractivity contribution in [1.82, 2.24) is 4.98 Å². The lowest BCUT2D eigenvalue weighted by molar-refractivity contribution is 0.102. The normalized spacial score (nSPS) is 14.3. The number of nitrogens with zero attached hydrogens (tertiary/aromatic N) is 2. The van der Waals surface area contributed by atoms with E-state index in [-0.39, 0.29) is 11.1 Å². The number of aromatic nitrogens is 1. The number of anilines is 2. The van der Waals surface area contributed by atoms with Gasteiger partial charge in [0, 0.05) is 18.5 Å². The number of para-hydroxylation sites is 2. The molecule has 1 fully saturated rings. The van der Waals surface area contributed by atoms with Crippen molar-refractivity contribution in [2.75, 3.05) is 36.5 Å². The first kappa shape index (κ1) is 18.7. The third kappa shape index (κ3) is 3.68. The van der Waals surface area contributed by atoms with E-state index in [1.807, 2.05) is 50.2 Å². The molecule has 1 aromatic heterocycles. The summed E-state index contributed by atoms with van der Waals surface area (Å²) in [6.07, 6.45) is 0. The molecule has 1 N–H and O–H groups in total. The maximum absolute atomic E-state index is 13.0. The Kier molecular flexibility index (Phi) is 5.20. The van der Waals surface area contributed by atoms with Gasteiger partial charge in [-0.05, 0) is 43.7 Å². The van der Waals surface area contributed by atoms with Gasteiger partial charge < -0.3 is 15.0 Å². The number of benzene rings is 2. The zero-order chi connectivity index (χ0) is 19.7. The number of ether oxygens (including phenoxy) is 1. The highest BCUT2D eigenvalue weighted by molar-refractivity contribution is 6.34. The Labute approximate surface area is 169 Å². The molecule has 1 aliphatic heterocycles. The first-order valence-corrected chi connectivity index (χ1v) is 9.71. The third-order valence-electron chi connectivity index (χ3n) is 4.96. The lowest BCUT2D eigenvalue weighted by Crippen LogP contribution is -2.36. The highest BCUT2D eigenvalue weighted by Crippen LogP contribution is 2.29. The average Bonchev–Trinajstić information content (AvgIpc) is 2.69. The molecule has 0 unspecified atom stereocenters. The summed E-state index contributed by atoms with van der Waals surface area (Å²) < 4.78 is 5.43. The summed E-state index contributed by atoms with van der Waals surface area (Å²) in [5, 5.41) is 4.13. The molecular formula is C22H22ClN3O2. The second-order valence-electron chi connectivity index (χ2n) is 7.05. The number of fused-ring (bicyclic) bond motifs is 1. The lowest BCUT2D eigenvalue weighted by Gasteiger charge is -2.30. The summed E-state index contributed by atoms with van der Waals surface area (Å²) >= 11 is 6.37. The van der Waals surface area contributed by atoms with Crippen LogP contribution in [0.15, 0.2) is 42.5 Å². The molecule has 0 radical (unpaired) electrons. The van der Waals surface area contributed by atoms with Gasteiger partial charge in [-0.1, -0.05) is 35.4 Å². The van der Waals surface area contributed by atoms with Crippen LogP contribution in [-0.4, -0.2) is 37.2 Å². The van der Waals surface area contributed by atoms with Gasteiger partial charge in [0.05, 0.1) is 35.7 Å². The fourth-order valence-corrected chi connectivity index (χ4v) is 3.86. The quantitative estimate of drug-likeness (QED) is 0.659. The van der Waals surface area contributed by atoms with Crippen molar-refractivity contribution < 1.29 is 9.53 Å². The Morgan fingerprint density at radius 1 is 1.14 bits per heavy atom. The van der Waals surface area contributed by atoms with Crippen molar-refractivity contribution in [2.45, 2.75) is 13.8 Å². The van der Waals surface area contributed by atoms with Crippen molar-refractivity contribution >= 4 is 39.8 Å². The van der Waals surface area contributed by atoms with Crippen LogP contribution in [-0.2, 0) is 4.74 Å². The molecule has 0 aliphatic carbocycles. The van der Waals surface area contributed by atoms with Crippen molar-refractivity contribution in [3.63, 3.8) is 0 Å². The minimum Gasteiger partial charge on any atom is -0.378 e. The molecule has 6 heteroatoms. The Bertz CT molecular complexity index is 1050. The number of hydrogen-bond donors (Lipinski definition) is 1. The van der Waals surface area contributed by atoms with Crippen LogP contribution in [0.5, 0.6) is 0 Å². The number of pyridine rings is 1. The number of aryl methyl sites for hydroxylation is 2. The highest BCUT2D eigenvalue weighted by Gasteiger charge is 2.19. The Morgan fingerprint density at radius 3 is 2.68 bits per heavy atom. The molecule has 1 saturated heterocycles. The predicted octanol–water partition coefficient (Wildman–Crippen LogP) is 4.59. The van der Waals surface area contributed by atoms with Crippen molar-refractivity contribution in [3.8, 4) is 0 Å².